The third-order valence-corrected chi connectivity index (χ3v) is 3.24. The first kappa shape index (κ1) is 11.7. The molecule has 102 valence electrons. The number of imidazole rings is 1. The summed E-state index contributed by atoms with van der Waals surface area (Å²) >= 11 is 0. The first-order valence-corrected chi connectivity index (χ1v) is 6.35. The van der Waals surface area contributed by atoms with Crippen LogP contribution in [-0.2, 0) is 0 Å². The molecule has 0 spiro atoms. The number of para-hydroxylation sites is 2. The van der Waals surface area contributed by atoms with Crippen molar-refractivity contribution in [3.63, 3.8) is 0 Å². The summed E-state index contributed by atoms with van der Waals surface area (Å²) in [5.41, 5.74) is 3.05. The van der Waals surface area contributed by atoms with Crippen molar-refractivity contribution >= 4 is 22.3 Å². The fraction of sp³-hybridized carbons (Fsp3) is 0. The van der Waals surface area contributed by atoms with Gasteiger partial charge in [0.05, 0.1) is 16.6 Å². The van der Waals surface area contributed by atoms with E-state index in [2.05, 4.69) is 19.9 Å². The number of hydrogen-bond acceptors (Lipinski definition) is 5. The quantitative estimate of drug-likeness (QED) is 0.497. The van der Waals surface area contributed by atoms with Crippen LogP contribution in [0.15, 0.2) is 42.5 Å². The van der Waals surface area contributed by atoms with E-state index in [0.29, 0.717) is 22.7 Å². The highest BCUT2D eigenvalue weighted by Crippen LogP contribution is 2.31. The van der Waals surface area contributed by atoms with Crippen LogP contribution in [0, 0.1) is 0 Å². The molecule has 4 rings (SSSR count). The van der Waals surface area contributed by atoms with E-state index < -0.39 is 0 Å². The fourth-order valence-electron chi connectivity index (χ4n) is 2.25. The van der Waals surface area contributed by atoms with Crippen LogP contribution in [-0.4, -0.2) is 30.1 Å². The molecule has 0 amide bonds. The van der Waals surface area contributed by atoms with Crippen LogP contribution < -0.4 is 0 Å². The standard InChI is InChI=1S/C15H10N4O2/c20-8-5-6-9(12(21)7-8)13-18-14-15(19-13)17-11-4-2-1-3-10(11)16-14/h1-7,20-21H,(H,16,17,18,19). The molecule has 0 aliphatic heterocycles. The number of aromatic nitrogens is 4. The number of fused-ring (bicyclic) bond motifs is 2. The summed E-state index contributed by atoms with van der Waals surface area (Å²) in [6.07, 6.45) is 0. The lowest BCUT2D eigenvalue weighted by Gasteiger charge is -2.00. The fourth-order valence-corrected chi connectivity index (χ4v) is 2.25. The zero-order valence-electron chi connectivity index (χ0n) is 10.8. The summed E-state index contributed by atoms with van der Waals surface area (Å²) in [5.74, 6) is 0.394. The minimum Gasteiger partial charge on any atom is -0.508 e. The summed E-state index contributed by atoms with van der Waals surface area (Å²) < 4.78 is 0. The maximum atomic E-state index is 9.90. The molecule has 0 aliphatic rings. The Morgan fingerprint density at radius 3 is 2.38 bits per heavy atom. The number of aromatic hydroxyl groups is 2. The molecule has 21 heavy (non-hydrogen) atoms. The number of nitrogens with one attached hydrogen (secondary N) is 1. The van der Waals surface area contributed by atoms with E-state index in [4.69, 9.17) is 0 Å². The molecule has 2 heterocycles. The highest BCUT2D eigenvalue weighted by atomic mass is 16.3. The van der Waals surface area contributed by atoms with E-state index in [1.54, 1.807) is 6.07 Å². The molecule has 0 atom stereocenters. The zero-order chi connectivity index (χ0) is 14.4. The van der Waals surface area contributed by atoms with Gasteiger partial charge in [-0.1, -0.05) is 12.1 Å². The second-order valence-corrected chi connectivity index (χ2v) is 4.67. The summed E-state index contributed by atoms with van der Waals surface area (Å²) in [5, 5.41) is 19.2. The lowest BCUT2D eigenvalue weighted by molar-refractivity contribution is 0.451. The molecular weight excluding hydrogens is 268 g/mol. The normalized spacial score (nSPS) is 11.2. The largest absolute Gasteiger partial charge is 0.508 e. The Bertz CT molecular complexity index is 925. The number of H-pyrrole nitrogens is 1. The van der Waals surface area contributed by atoms with Gasteiger partial charge in [0, 0.05) is 6.07 Å². The molecule has 0 saturated carbocycles. The van der Waals surface area contributed by atoms with Crippen LogP contribution >= 0.6 is 0 Å². The van der Waals surface area contributed by atoms with Gasteiger partial charge in [-0.2, -0.15) is 0 Å². The van der Waals surface area contributed by atoms with Gasteiger partial charge in [0.25, 0.3) is 0 Å². The molecule has 6 heteroatoms. The number of phenolic OH excluding ortho intramolecular Hbond substituents is 2. The zero-order valence-corrected chi connectivity index (χ0v) is 10.8. The van der Waals surface area contributed by atoms with Gasteiger partial charge in [-0.05, 0) is 24.3 Å². The number of hydrogen-bond donors (Lipinski definition) is 3. The smallest absolute Gasteiger partial charge is 0.198 e. The summed E-state index contributed by atoms with van der Waals surface area (Å²) in [6.45, 7) is 0. The molecular formula is C15H10N4O2. The average molecular weight is 278 g/mol. The average Bonchev–Trinajstić information content (AvgIpc) is 2.87. The summed E-state index contributed by atoms with van der Waals surface area (Å²) in [6, 6.07) is 11.9. The molecule has 4 aromatic rings. The highest BCUT2D eigenvalue weighted by Gasteiger charge is 2.12. The van der Waals surface area contributed by atoms with Gasteiger partial charge in [0.2, 0.25) is 0 Å². The van der Waals surface area contributed by atoms with E-state index in [9.17, 15) is 10.2 Å². The van der Waals surface area contributed by atoms with Crippen LogP contribution in [0.3, 0.4) is 0 Å². The molecule has 2 aromatic carbocycles. The van der Waals surface area contributed by atoms with Gasteiger partial charge in [-0.15, -0.1) is 0 Å². The van der Waals surface area contributed by atoms with Gasteiger partial charge in [-0.25, -0.2) is 15.0 Å². The van der Waals surface area contributed by atoms with E-state index in [-0.39, 0.29) is 11.5 Å². The van der Waals surface area contributed by atoms with E-state index >= 15 is 0 Å². The molecule has 0 saturated heterocycles. The van der Waals surface area contributed by atoms with Crippen molar-refractivity contribution in [1.82, 2.24) is 19.9 Å². The summed E-state index contributed by atoms with van der Waals surface area (Å²) in [7, 11) is 0. The van der Waals surface area contributed by atoms with Crippen LogP contribution in [0.1, 0.15) is 0 Å². The predicted molar refractivity (Wildman–Crippen MR) is 78.0 cm³/mol. The molecule has 3 N–H and O–H groups in total. The maximum Gasteiger partial charge on any atom is 0.198 e. The van der Waals surface area contributed by atoms with Crippen LogP contribution in [0.4, 0.5) is 0 Å². The van der Waals surface area contributed by atoms with Crippen molar-refractivity contribution in [3.05, 3.63) is 42.5 Å². The van der Waals surface area contributed by atoms with Crippen molar-refractivity contribution in [2.45, 2.75) is 0 Å². The lowest BCUT2D eigenvalue weighted by Crippen LogP contribution is -1.85. The van der Waals surface area contributed by atoms with Gasteiger partial charge in [-0.3, -0.25) is 0 Å². The second-order valence-electron chi connectivity index (χ2n) is 4.67. The molecule has 0 aliphatic carbocycles. The topological polar surface area (TPSA) is 94.9 Å². The molecule has 2 aromatic heterocycles. The van der Waals surface area contributed by atoms with E-state index in [1.165, 1.54) is 12.1 Å². The molecule has 0 radical (unpaired) electrons. The summed E-state index contributed by atoms with van der Waals surface area (Å²) in [4.78, 5) is 16.3. The van der Waals surface area contributed by atoms with Crippen LogP contribution in [0.5, 0.6) is 11.5 Å². The van der Waals surface area contributed by atoms with Gasteiger partial charge >= 0.3 is 0 Å². The second kappa shape index (κ2) is 4.17. The van der Waals surface area contributed by atoms with Crippen molar-refractivity contribution in [2.75, 3.05) is 0 Å². The number of aromatic amines is 1. The Morgan fingerprint density at radius 2 is 1.62 bits per heavy atom. The number of nitrogens with zero attached hydrogens (tertiary/aromatic N) is 3. The molecule has 0 bridgehead atoms. The Morgan fingerprint density at radius 1 is 0.857 bits per heavy atom. The minimum atomic E-state index is -0.0568. The number of rotatable bonds is 1. The van der Waals surface area contributed by atoms with Gasteiger partial charge < -0.3 is 15.2 Å². The Balaban J connectivity index is 1.95. The third-order valence-electron chi connectivity index (χ3n) is 3.24. The third kappa shape index (κ3) is 1.85. The van der Waals surface area contributed by atoms with E-state index in [0.717, 1.165) is 11.0 Å². The van der Waals surface area contributed by atoms with Gasteiger partial charge in [0.15, 0.2) is 11.3 Å². The van der Waals surface area contributed by atoms with Crippen molar-refractivity contribution in [3.8, 4) is 22.9 Å². The van der Waals surface area contributed by atoms with Crippen LogP contribution in [0.25, 0.3) is 33.7 Å². The first-order chi connectivity index (χ1) is 10.2. The van der Waals surface area contributed by atoms with E-state index in [1.807, 2.05) is 24.3 Å². The SMILES string of the molecule is Oc1ccc(-c2nc3nc4ccccc4nc3[nH]2)c(O)c1. The Kier molecular flexibility index (Phi) is 2.32. The predicted octanol–water partition coefficient (Wildman–Crippen LogP) is 2.58. The van der Waals surface area contributed by atoms with Crippen molar-refractivity contribution in [1.29, 1.82) is 0 Å². The first-order valence-electron chi connectivity index (χ1n) is 6.35. The molecule has 6 nitrogen and oxygen atoms in total. The maximum absolute atomic E-state index is 9.90. The highest BCUT2D eigenvalue weighted by molar-refractivity contribution is 5.84. The molecule has 0 unspecified atom stereocenters. The minimum absolute atomic E-state index is 0.00523. The molecule has 0 fully saturated rings. The van der Waals surface area contributed by atoms with Gasteiger partial charge in [0.1, 0.15) is 17.3 Å². The Hall–Kier alpha value is -3.15. The van der Waals surface area contributed by atoms with Crippen LogP contribution in [0.2, 0.25) is 0 Å². The Labute approximate surface area is 118 Å². The lowest BCUT2D eigenvalue weighted by atomic mass is 10.2. The monoisotopic (exact) mass is 278 g/mol. The van der Waals surface area contributed by atoms with Crippen molar-refractivity contribution < 1.29 is 10.2 Å². The number of phenols is 2. The number of benzene rings is 2. The van der Waals surface area contributed by atoms with Crippen molar-refractivity contribution in [2.24, 2.45) is 0 Å².